The Bertz CT molecular complexity index is 1010. The molecule has 0 unspecified atom stereocenters. The van der Waals surface area contributed by atoms with E-state index in [1.165, 1.54) is 6.07 Å². The number of nitro groups is 1. The molecule has 1 saturated heterocycles. The lowest BCUT2D eigenvalue weighted by Gasteiger charge is -2.32. The summed E-state index contributed by atoms with van der Waals surface area (Å²) in [4.78, 5) is 25.6. The first kappa shape index (κ1) is 18.7. The molecule has 0 bridgehead atoms. The number of nitrogens with zero attached hydrogens (tertiary/aromatic N) is 3. The molecule has 8 nitrogen and oxygen atoms in total. The van der Waals surface area contributed by atoms with Crippen molar-refractivity contribution in [2.75, 3.05) is 23.3 Å². The molecule has 0 atom stereocenters. The molecule has 0 spiro atoms. The van der Waals surface area contributed by atoms with Crippen LogP contribution in [0, 0.1) is 16.0 Å². The van der Waals surface area contributed by atoms with Gasteiger partial charge in [-0.15, -0.1) is 0 Å². The van der Waals surface area contributed by atoms with Crippen LogP contribution in [0.4, 0.5) is 17.1 Å². The second kappa shape index (κ2) is 8.14. The minimum atomic E-state index is -0.360. The summed E-state index contributed by atoms with van der Waals surface area (Å²) in [5.41, 5.74) is 3.29. The van der Waals surface area contributed by atoms with Gasteiger partial charge in [0.15, 0.2) is 0 Å². The number of piperidine rings is 1. The van der Waals surface area contributed by atoms with E-state index in [0.29, 0.717) is 31.6 Å². The fourth-order valence-electron chi connectivity index (χ4n) is 3.69. The van der Waals surface area contributed by atoms with Crippen LogP contribution in [-0.2, 0) is 4.79 Å². The first-order chi connectivity index (χ1) is 14.1. The van der Waals surface area contributed by atoms with Crippen molar-refractivity contribution in [3.63, 3.8) is 0 Å². The highest BCUT2D eigenvalue weighted by Crippen LogP contribution is 2.31. The van der Waals surface area contributed by atoms with Crippen LogP contribution in [-0.4, -0.2) is 34.1 Å². The van der Waals surface area contributed by atoms with Crippen molar-refractivity contribution < 1.29 is 9.72 Å². The lowest BCUT2D eigenvalue weighted by Crippen LogP contribution is -2.38. The maximum atomic E-state index is 12.7. The van der Waals surface area contributed by atoms with Crippen LogP contribution in [0.25, 0.3) is 11.3 Å². The molecule has 1 amide bonds. The molecule has 3 aromatic rings. The largest absolute Gasteiger partial charge is 0.366 e. The Morgan fingerprint density at radius 3 is 2.66 bits per heavy atom. The van der Waals surface area contributed by atoms with E-state index in [9.17, 15) is 14.9 Å². The normalized spacial score (nSPS) is 14.6. The summed E-state index contributed by atoms with van der Waals surface area (Å²) in [6.45, 7) is 1.22. The van der Waals surface area contributed by atoms with Crippen LogP contribution < -0.4 is 10.2 Å². The lowest BCUT2D eigenvalue weighted by molar-refractivity contribution is -0.384. The number of aromatic amines is 1. The van der Waals surface area contributed by atoms with Gasteiger partial charge >= 0.3 is 0 Å². The van der Waals surface area contributed by atoms with Crippen LogP contribution in [0.5, 0.6) is 0 Å². The summed E-state index contributed by atoms with van der Waals surface area (Å²) in [5.74, 6) is -0.140. The van der Waals surface area contributed by atoms with E-state index in [2.05, 4.69) is 15.5 Å². The van der Waals surface area contributed by atoms with Gasteiger partial charge in [0.2, 0.25) is 5.91 Å². The quantitative estimate of drug-likeness (QED) is 0.508. The predicted molar refractivity (Wildman–Crippen MR) is 111 cm³/mol. The van der Waals surface area contributed by atoms with E-state index >= 15 is 0 Å². The van der Waals surface area contributed by atoms with Gasteiger partial charge in [-0.3, -0.25) is 20.0 Å². The van der Waals surface area contributed by atoms with Gasteiger partial charge in [0.1, 0.15) is 5.69 Å². The Balaban J connectivity index is 1.39. The molecule has 2 aromatic carbocycles. The molecule has 0 radical (unpaired) electrons. The van der Waals surface area contributed by atoms with Crippen LogP contribution in [0.3, 0.4) is 0 Å². The minimum Gasteiger partial charge on any atom is -0.366 e. The average molecular weight is 391 g/mol. The highest BCUT2D eigenvalue weighted by atomic mass is 16.6. The van der Waals surface area contributed by atoms with E-state index in [-0.39, 0.29) is 22.4 Å². The maximum Gasteiger partial charge on any atom is 0.292 e. The standard InChI is InChI=1S/C21H21N5O3/c27-21(23-17-5-3-4-16(14-17)18-8-11-22-24-18)15-9-12-25(13-10-15)19-6-1-2-7-20(19)26(28)29/h1-8,11,14-15H,9-10,12-13H2,(H,22,24)(H,23,27). The molecular weight excluding hydrogens is 370 g/mol. The van der Waals surface area contributed by atoms with Gasteiger partial charge < -0.3 is 10.2 Å². The Morgan fingerprint density at radius 1 is 1.14 bits per heavy atom. The first-order valence-corrected chi connectivity index (χ1v) is 9.51. The number of H-pyrrole nitrogens is 1. The Hall–Kier alpha value is -3.68. The number of rotatable bonds is 5. The molecule has 4 rings (SSSR count). The molecular formula is C21H21N5O3. The summed E-state index contributed by atoms with van der Waals surface area (Å²) in [7, 11) is 0. The molecule has 1 aromatic heterocycles. The summed E-state index contributed by atoms with van der Waals surface area (Å²) >= 11 is 0. The molecule has 0 aliphatic carbocycles. The van der Waals surface area contributed by atoms with Crippen molar-refractivity contribution in [3.05, 3.63) is 70.9 Å². The monoisotopic (exact) mass is 391 g/mol. The van der Waals surface area contributed by atoms with Crippen molar-refractivity contribution in [2.45, 2.75) is 12.8 Å². The molecule has 1 aliphatic rings. The topological polar surface area (TPSA) is 104 Å². The zero-order chi connectivity index (χ0) is 20.2. The second-order valence-electron chi connectivity index (χ2n) is 7.05. The number of anilines is 2. The molecule has 2 N–H and O–H groups in total. The van der Waals surface area contributed by atoms with Crippen LogP contribution in [0.15, 0.2) is 60.8 Å². The summed E-state index contributed by atoms with van der Waals surface area (Å²) in [5, 5.41) is 21.1. The molecule has 0 saturated carbocycles. The number of aromatic nitrogens is 2. The SMILES string of the molecule is O=C(Nc1cccc(-c2ccn[nH]2)c1)C1CCN(c2ccccc2[N+](=O)[O-])CC1. The summed E-state index contributed by atoms with van der Waals surface area (Å²) in [6.07, 6.45) is 2.99. The third-order valence-electron chi connectivity index (χ3n) is 5.23. The third-order valence-corrected chi connectivity index (χ3v) is 5.23. The van der Waals surface area contributed by atoms with Crippen molar-refractivity contribution in [1.82, 2.24) is 10.2 Å². The van der Waals surface area contributed by atoms with E-state index in [0.717, 1.165) is 16.9 Å². The molecule has 2 heterocycles. The van der Waals surface area contributed by atoms with Crippen LogP contribution >= 0.6 is 0 Å². The molecule has 29 heavy (non-hydrogen) atoms. The van der Waals surface area contributed by atoms with E-state index in [1.54, 1.807) is 24.4 Å². The van der Waals surface area contributed by atoms with Gasteiger partial charge in [-0.25, -0.2) is 0 Å². The summed E-state index contributed by atoms with van der Waals surface area (Å²) < 4.78 is 0. The smallest absolute Gasteiger partial charge is 0.292 e. The lowest BCUT2D eigenvalue weighted by atomic mass is 9.95. The number of carbonyl (C=O) groups is 1. The van der Waals surface area contributed by atoms with Gasteiger partial charge in [-0.05, 0) is 37.1 Å². The highest BCUT2D eigenvalue weighted by Gasteiger charge is 2.28. The number of nitro benzene ring substituents is 1. The predicted octanol–water partition coefficient (Wildman–Crippen LogP) is 3.84. The number of benzene rings is 2. The van der Waals surface area contributed by atoms with Crippen LogP contribution in [0.2, 0.25) is 0 Å². The Kier molecular flexibility index (Phi) is 5.24. The molecule has 8 heteroatoms. The number of amides is 1. The van der Waals surface area contributed by atoms with Crippen LogP contribution in [0.1, 0.15) is 12.8 Å². The Morgan fingerprint density at radius 2 is 1.93 bits per heavy atom. The maximum absolute atomic E-state index is 12.7. The van der Waals surface area contributed by atoms with Crippen molar-refractivity contribution in [1.29, 1.82) is 0 Å². The molecule has 148 valence electrons. The number of carbonyl (C=O) groups excluding carboxylic acids is 1. The molecule has 1 fully saturated rings. The van der Waals surface area contributed by atoms with E-state index in [4.69, 9.17) is 0 Å². The van der Waals surface area contributed by atoms with Gasteiger partial charge in [0.25, 0.3) is 5.69 Å². The average Bonchev–Trinajstić information content (AvgIpc) is 3.29. The number of hydrogen-bond donors (Lipinski definition) is 2. The molecule has 1 aliphatic heterocycles. The van der Waals surface area contributed by atoms with Gasteiger partial charge in [0, 0.05) is 42.5 Å². The van der Waals surface area contributed by atoms with E-state index in [1.807, 2.05) is 35.2 Å². The minimum absolute atomic E-state index is 0.0195. The first-order valence-electron chi connectivity index (χ1n) is 9.51. The zero-order valence-electron chi connectivity index (χ0n) is 15.7. The summed E-state index contributed by atoms with van der Waals surface area (Å²) in [6, 6.07) is 16.2. The van der Waals surface area contributed by atoms with Crippen molar-refractivity contribution in [3.8, 4) is 11.3 Å². The zero-order valence-corrected chi connectivity index (χ0v) is 15.7. The van der Waals surface area contributed by atoms with E-state index < -0.39 is 0 Å². The fourth-order valence-corrected chi connectivity index (χ4v) is 3.69. The fraction of sp³-hybridized carbons (Fsp3) is 0.238. The number of hydrogen-bond acceptors (Lipinski definition) is 5. The van der Waals surface area contributed by atoms with Crippen molar-refractivity contribution >= 4 is 23.0 Å². The number of para-hydroxylation sites is 2. The van der Waals surface area contributed by atoms with Gasteiger partial charge in [-0.2, -0.15) is 5.10 Å². The number of nitrogens with one attached hydrogen (secondary N) is 2. The van der Waals surface area contributed by atoms with Crippen molar-refractivity contribution in [2.24, 2.45) is 5.92 Å². The second-order valence-corrected chi connectivity index (χ2v) is 7.05. The highest BCUT2D eigenvalue weighted by molar-refractivity contribution is 5.93. The van der Waals surface area contributed by atoms with Gasteiger partial charge in [0.05, 0.1) is 10.6 Å². The Labute approximate surface area is 167 Å². The third kappa shape index (κ3) is 4.11. The van der Waals surface area contributed by atoms with Gasteiger partial charge in [-0.1, -0.05) is 24.3 Å².